The summed E-state index contributed by atoms with van der Waals surface area (Å²) in [7, 11) is 0. The lowest BCUT2D eigenvalue weighted by Crippen LogP contribution is -2.38. The second-order valence-corrected chi connectivity index (χ2v) is 5.89. The quantitative estimate of drug-likeness (QED) is 0.306. The van der Waals surface area contributed by atoms with E-state index in [1.807, 2.05) is 0 Å². The molecule has 1 saturated heterocycles. The van der Waals surface area contributed by atoms with Crippen LogP contribution < -0.4 is 5.32 Å². The third-order valence-corrected chi connectivity index (χ3v) is 3.99. The summed E-state index contributed by atoms with van der Waals surface area (Å²) < 4.78 is 16.2. The molecule has 0 amide bonds. The van der Waals surface area contributed by atoms with Gasteiger partial charge in [-0.05, 0) is 39.0 Å². The number of esters is 1. The third-order valence-electron chi connectivity index (χ3n) is 3.99. The van der Waals surface area contributed by atoms with Gasteiger partial charge in [0.05, 0.1) is 13.3 Å². The lowest BCUT2D eigenvalue weighted by atomic mass is 10.1. The maximum atomic E-state index is 11.7. The maximum absolute atomic E-state index is 11.7. The second kappa shape index (κ2) is 13.7. The van der Waals surface area contributed by atoms with Crippen LogP contribution in [0.15, 0.2) is 0 Å². The van der Waals surface area contributed by atoms with Crippen molar-refractivity contribution in [3.8, 4) is 0 Å². The lowest BCUT2D eigenvalue weighted by Gasteiger charge is -2.22. The highest BCUT2D eigenvalue weighted by Crippen LogP contribution is 2.14. The van der Waals surface area contributed by atoms with Crippen molar-refractivity contribution in [2.24, 2.45) is 0 Å². The zero-order valence-electron chi connectivity index (χ0n) is 14.4. The van der Waals surface area contributed by atoms with E-state index in [1.165, 1.54) is 6.42 Å². The summed E-state index contributed by atoms with van der Waals surface area (Å²) in [6.07, 6.45) is 9.42. The molecule has 0 aromatic heterocycles. The van der Waals surface area contributed by atoms with E-state index in [2.05, 4.69) is 5.32 Å². The molecule has 1 aliphatic heterocycles. The zero-order valence-corrected chi connectivity index (χ0v) is 14.4. The van der Waals surface area contributed by atoms with Gasteiger partial charge in [0, 0.05) is 13.2 Å². The van der Waals surface area contributed by atoms with Gasteiger partial charge in [0.15, 0.2) is 6.29 Å². The van der Waals surface area contributed by atoms with Gasteiger partial charge in [-0.1, -0.05) is 25.7 Å². The van der Waals surface area contributed by atoms with E-state index in [9.17, 15) is 4.79 Å². The fourth-order valence-electron chi connectivity index (χ4n) is 2.69. The van der Waals surface area contributed by atoms with Crippen molar-refractivity contribution in [2.75, 3.05) is 26.6 Å². The summed E-state index contributed by atoms with van der Waals surface area (Å²) in [6.45, 7) is 3.54. The van der Waals surface area contributed by atoms with E-state index < -0.39 is 6.04 Å². The van der Waals surface area contributed by atoms with E-state index in [0.29, 0.717) is 13.0 Å². The van der Waals surface area contributed by atoms with E-state index >= 15 is 0 Å². The fourth-order valence-corrected chi connectivity index (χ4v) is 2.69. The molecule has 2 unspecified atom stereocenters. The van der Waals surface area contributed by atoms with Crippen LogP contribution in [0.3, 0.4) is 0 Å². The van der Waals surface area contributed by atoms with Crippen LogP contribution in [0, 0.1) is 0 Å². The number of aliphatic hydroxyl groups is 1. The van der Waals surface area contributed by atoms with Crippen LogP contribution in [0.25, 0.3) is 0 Å². The summed E-state index contributed by atoms with van der Waals surface area (Å²) in [5, 5.41) is 11.7. The molecule has 0 radical (unpaired) electrons. The Hall–Kier alpha value is -0.690. The first kappa shape index (κ1) is 20.4. The van der Waals surface area contributed by atoms with Gasteiger partial charge in [-0.3, -0.25) is 10.1 Å². The molecule has 0 saturated carbocycles. The van der Waals surface area contributed by atoms with Gasteiger partial charge < -0.3 is 19.3 Å². The minimum atomic E-state index is -0.397. The number of aliphatic hydroxyl groups excluding tert-OH is 1. The SMILES string of the molecule is CCOC(=O)C(CCCCCCCOC1CCCCO1)NCO. The van der Waals surface area contributed by atoms with Gasteiger partial charge in [-0.2, -0.15) is 0 Å². The Balaban J connectivity index is 1.95. The molecule has 0 aliphatic carbocycles. The lowest BCUT2D eigenvalue weighted by molar-refractivity contribution is -0.162. The number of rotatable bonds is 13. The maximum Gasteiger partial charge on any atom is 0.323 e. The van der Waals surface area contributed by atoms with Gasteiger partial charge in [-0.15, -0.1) is 0 Å². The van der Waals surface area contributed by atoms with Gasteiger partial charge in [-0.25, -0.2) is 0 Å². The normalized spacial score (nSPS) is 19.5. The predicted molar refractivity (Wildman–Crippen MR) is 87.9 cm³/mol. The molecule has 1 aliphatic rings. The molecule has 2 N–H and O–H groups in total. The molecule has 0 aromatic carbocycles. The standard InChI is InChI=1S/C17H33NO5/c1-2-21-17(20)15(18-14-19)10-6-4-3-5-8-12-22-16-11-7-9-13-23-16/h15-16,18-19H,2-14H2,1H3. The van der Waals surface area contributed by atoms with E-state index in [1.54, 1.807) is 6.92 Å². The highest BCUT2D eigenvalue weighted by molar-refractivity contribution is 5.75. The van der Waals surface area contributed by atoms with Crippen LogP contribution in [-0.4, -0.2) is 50.0 Å². The minimum Gasteiger partial charge on any atom is -0.465 e. The minimum absolute atomic E-state index is 0.0126. The first-order chi connectivity index (χ1) is 11.3. The molecule has 1 rings (SSSR count). The first-order valence-corrected chi connectivity index (χ1v) is 9.02. The van der Waals surface area contributed by atoms with Crippen molar-refractivity contribution in [3.05, 3.63) is 0 Å². The molecule has 23 heavy (non-hydrogen) atoms. The molecule has 1 heterocycles. The number of carbonyl (C=O) groups is 1. The fraction of sp³-hybridized carbons (Fsp3) is 0.941. The summed E-state index contributed by atoms with van der Waals surface area (Å²) in [5.74, 6) is -0.276. The molecule has 2 atom stereocenters. The number of carbonyl (C=O) groups excluding carboxylic acids is 1. The van der Waals surface area contributed by atoms with Crippen LogP contribution in [-0.2, 0) is 19.0 Å². The van der Waals surface area contributed by atoms with Crippen molar-refractivity contribution >= 4 is 5.97 Å². The van der Waals surface area contributed by atoms with Crippen molar-refractivity contribution in [2.45, 2.75) is 77.0 Å². The van der Waals surface area contributed by atoms with E-state index in [0.717, 1.165) is 58.2 Å². The van der Waals surface area contributed by atoms with Crippen molar-refractivity contribution in [1.29, 1.82) is 0 Å². The topological polar surface area (TPSA) is 77.0 Å². The number of ether oxygens (including phenoxy) is 3. The largest absolute Gasteiger partial charge is 0.465 e. The van der Waals surface area contributed by atoms with Crippen LogP contribution in [0.4, 0.5) is 0 Å². The highest BCUT2D eigenvalue weighted by Gasteiger charge is 2.18. The molecule has 136 valence electrons. The molecular formula is C17H33NO5. The second-order valence-electron chi connectivity index (χ2n) is 5.89. The van der Waals surface area contributed by atoms with Crippen LogP contribution in [0.1, 0.15) is 64.7 Å². The van der Waals surface area contributed by atoms with E-state index in [-0.39, 0.29) is 19.0 Å². The average molecular weight is 331 g/mol. The Morgan fingerprint density at radius 3 is 2.74 bits per heavy atom. The van der Waals surface area contributed by atoms with Crippen LogP contribution >= 0.6 is 0 Å². The summed E-state index contributed by atoms with van der Waals surface area (Å²) in [4.78, 5) is 11.7. The Morgan fingerprint density at radius 1 is 1.26 bits per heavy atom. The van der Waals surface area contributed by atoms with Gasteiger partial charge >= 0.3 is 5.97 Å². The third kappa shape index (κ3) is 9.91. The van der Waals surface area contributed by atoms with Gasteiger partial charge in [0.25, 0.3) is 0 Å². The van der Waals surface area contributed by atoms with Crippen molar-refractivity contribution in [3.63, 3.8) is 0 Å². The van der Waals surface area contributed by atoms with Crippen LogP contribution in [0.5, 0.6) is 0 Å². The van der Waals surface area contributed by atoms with Crippen molar-refractivity contribution < 1.29 is 24.1 Å². The Kier molecular flexibility index (Phi) is 12.1. The Bertz CT molecular complexity index is 295. The number of nitrogens with one attached hydrogen (secondary N) is 1. The van der Waals surface area contributed by atoms with Gasteiger partial charge in [0.1, 0.15) is 6.04 Å². The first-order valence-electron chi connectivity index (χ1n) is 9.02. The summed E-state index contributed by atoms with van der Waals surface area (Å²) >= 11 is 0. The van der Waals surface area contributed by atoms with Crippen molar-refractivity contribution in [1.82, 2.24) is 5.32 Å². The Morgan fingerprint density at radius 2 is 2.04 bits per heavy atom. The molecule has 6 nitrogen and oxygen atoms in total. The smallest absolute Gasteiger partial charge is 0.323 e. The monoisotopic (exact) mass is 331 g/mol. The molecule has 1 fully saturated rings. The van der Waals surface area contributed by atoms with Crippen LogP contribution in [0.2, 0.25) is 0 Å². The number of hydrogen-bond donors (Lipinski definition) is 2. The van der Waals surface area contributed by atoms with Gasteiger partial charge in [0.2, 0.25) is 0 Å². The molecule has 0 aromatic rings. The number of hydrogen-bond acceptors (Lipinski definition) is 6. The summed E-state index contributed by atoms with van der Waals surface area (Å²) in [6, 6.07) is -0.397. The average Bonchev–Trinajstić information content (AvgIpc) is 2.57. The molecule has 0 bridgehead atoms. The molecule has 0 spiro atoms. The predicted octanol–water partition coefficient (Wildman–Crippen LogP) is 2.34. The molecular weight excluding hydrogens is 298 g/mol. The zero-order chi connectivity index (χ0) is 16.8. The molecule has 6 heteroatoms. The number of unbranched alkanes of at least 4 members (excludes halogenated alkanes) is 4. The highest BCUT2D eigenvalue weighted by atomic mass is 16.7. The Labute approximate surface area is 139 Å². The summed E-state index contributed by atoms with van der Waals surface area (Å²) in [5.41, 5.74) is 0. The van der Waals surface area contributed by atoms with E-state index in [4.69, 9.17) is 19.3 Å².